The molecule has 356 valence electrons. The highest BCUT2D eigenvalue weighted by Gasteiger charge is 2.57. The maximum Gasteiger partial charge on any atom is 0.418 e. The lowest BCUT2D eigenvalue weighted by Gasteiger charge is -2.50. The minimum absolute atomic E-state index is 0.0192. The van der Waals surface area contributed by atoms with E-state index in [-0.39, 0.29) is 22.8 Å². The van der Waals surface area contributed by atoms with E-state index in [2.05, 4.69) is 25.1 Å². The molecule has 2 aromatic heterocycles. The fourth-order valence-corrected chi connectivity index (χ4v) is 7.73. The molecule has 3 amide bonds. The quantitative estimate of drug-likeness (QED) is 0.0318. The number of benzene rings is 1. The van der Waals surface area contributed by atoms with Crippen molar-refractivity contribution >= 4 is 79.0 Å². The number of ether oxygens (including phenoxy) is 4. The Hall–Kier alpha value is -5.65. The van der Waals surface area contributed by atoms with E-state index in [9.17, 15) is 36.9 Å². The second-order valence-corrected chi connectivity index (χ2v) is 21.0. The van der Waals surface area contributed by atoms with Gasteiger partial charge in [-0.05, 0) is 106 Å². The van der Waals surface area contributed by atoms with Gasteiger partial charge in [0.25, 0.3) is 17.8 Å². The molecule has 21 nitrogen and oxygen atoms in total. The highest BCUT2D eigenvalue weighted by atomic mass is 32.3. The lowest BCUT2D eigenvalue weighted by molar-refractivity contribution is -0.656. The van der Waals surface area contributed by atoms with Crippen LogP contribution in [0.15, 0.2) is 41.0 Å². The zero-order valence-electron chi connectivity index (χ0n) is 38.5. The third-order valence-electron chi connectivity index (χ3n) is 9.67. The summed E-state index contributed by atoms with van der Waals surface area (Å²) in [5.41, 5.74) is -4.32. The summed E-state index contributed by atoms with van der Waals surface area (Å²) in [5.74, 6) is -2.34. The maximum absolute atomic E-state index is 14.0. The van der Waals surface area contributed by atoms with Gasteiger partial charge in [0.1, 0.15) is 34.9 Å². The molecule has 0 radical (unpaired) electrons. The summed E-state index contributed by atoms with van der Waals surface area (Å²) in [6.07, 6.45) is -1.39. The highest BCUT2D eigenvalue weighted by molar-refractivity contribution is 7.80. The molecule has 5 rings (SSSR count). The Balaban J connectivity index is 1.36. The number of hydroxylamine groups is 2. The lowest BCUT2D eigenvalue weighted by atomic mass is 9.74. The minimum Gasteiger partial charge on any atom is -0.489 e. The molecule has 65 heavy (non-hydrogen) atoms. The number of ketones is 1. The number of fused-ring (bicyclic) bond motifs is 1. The zero-order valence-corrected chi connectivity index (χ0v) is 40.2. The topological polar surface area (TPSA) is 255 Å². The Morgan fingerprint density at radius 3 is 2.25 bits per heavy atom. The van der Waals surface area contributed by atoms with E-state index in [4.69, 9.17) is 23.8 Å². The fourth-order valence-electron chi connectivity index (χ4n) is 6.59. The maximum atomic E-state index is 14.0. The van der Waals surface area contributed by atoms with Crippen molar-refractivity contribution in [3.63, 3.8) is 0 Å². The molecule has 3 N–H and O–H groups in total. The second-order valence-electron chi connectivity index (χ2n) is 19.2. The van der Waals surface area contributed by atoms with Crippen molar-refractivity contribution in [1.82, 2.24) is 14.9 Å². The number of thiazole rings is 1. The van der Waals surface area contributed by atoms with Crippen LogP contribution in [0.2, 0.25) is 0 Å². The number of amides is 3. The number of carbonyl (C=O) groups excluding carboxylic acids is 5. The van der Waals surface area contributed by atoms with Gasteiger partial charge in [-0.3, -0.25) is 24.8 Å². The zero-order chi connectivity index (χ0) is 48.4. The van der Waals surface area contributed by atoms with Crippen molar-refractivity contribution in [2.45, 2.75) is 111 Å². The highest BCUT2D eigenvalue weighted by Crippen LogP contribution is 2.41. The number of Topliss-reactive ketones (excluding diaryl/α,β-unsaturated/α-hetero) is 1. The number of pyridine rings is 1. The second kappa shape index (κ2) is 19.1. The Labute approximate surface area is 381 Å². The van der Waals surface area contributed by atoms with Crippen LogP contribution in [-0.2, 0) is 55.2 Å². The van der Waals surface area contributed by atoms with Gasteiger partial charge in [0, 0.05) is 30.8 Å². The smallest absolute Gasteiger partial charge is 0.418 e. The van der Waals surface area contributed by atoms with Crippen molar-refractivity contribution in [3.8, 4) is 5.75 Å². The molecule has 2 aliphatic heterocycles. The van der Waals surface area contributed by atoms with Gasteiger partial charge < -0.3 is 28.7 Å². The van der Waals surface area contributed by atoms with E-state index >= 15 is 0 Å². The Morgan fingerprint density at radius 2 is 1.65 bits per heavy atom. The fraction of sp³-hybridized carbons (Fsp3) is 0.571. The van der Waals surface area contributed by atoms with Gasteiger partial charge in [-0.25, -0.2) is 23.9 Å². The predicted octanol–water partition coefficient (Wildman–Crippen LogP) is 5.19. The first kappa shape index (κ1) is 50.4. The molecule has 0 saturated carbocycles. The van der Waals surface area contributed by atoms with Crippen LogP contribution < -0.4 is 19.9 Å². The third kappa shape index (κ3) is 13.7. The average Bonchev–Trinajstić information content (AvgIpc) is 3.58. The van der Waals surface area contributed by atoms with E-state index in [1.165, 1.54) is 19.2 Å². The molecule has 0 unspecified atom stereocenters. The first-order chi connectivity index (χ1) is 29.9. The number of esters is 1. The monoisotopic (exact) mass is 948 g/mol. The van der Waals surface area contributed by atoms with Crippen LogP contribution in [0.3, 0.4) is 0 Å². The molecular formula is C42H58N7O14S2+. The van der Waals surface area contributed by atoms with Crippen LogP contribution in [0.25, 0.3) is 10.8 Å². The number of nitrogens with zero attached hydrogens (tertiary/aromatic N) is 5. The SMILES string of the molecule is C[n+]1ccc2cc(OC[C@H](O/N=C(\C(=O)C[C@@H]3C(=O)N(OS(=O)(=O)O)C3(C)C)c3csc(NC(=O)OC(C)(C)C)n3)C(=O)OC(C)(C)C)ccc2c1NCC1CN(C(=O)OC(C)(C)C)C1. The summed E-state index contributed by atoms with van der Waals surface area (Å²) in [4.78, 5) is 77.3. The van der Waals surface area contributed by atoms with Crippen LogP contribution in [0, 0.1) is 11.8 Å². The molecule has 23 heteroatoms. The summed E-state index contributed by atoms with van der Waals surface area (Å²) in [7, 11) is -3.15. The molecule has 4 heterocycles. The molecule has 0 aliphatic carbocycles. The number of hydrogen-bond donors (Lipinski definition) is 3. The molecule has 0 spiro atoms. The van der Waals surface area contributed by atoms with Crippen molar-refractivity contribution in [2.24, 2.45) is 24.0 Å². The number of anilines is 2. The average molecular weight is 949 g/mol. The van der Waals surface area contributed by atoms with Crippen LogP contribution in [-0.4, -0.2) is 118 Å². The van der Waals surface area contributed by atoms with E-state index in [0.717, 1.165) is 27.9 Å². The van der Waals surface area contributed by atoms with Crippen LogP contribution in [0.5, 0.6) is 5.75 Å². The van der Waals surface area contributed by atoms with Gasteiger partial charge in [0.05, 0.1) is 36.6 Å². The lowest BCUT2D eigenvalue weighted by Crippen LogP contribution is -2.68. The van der Waals surface area contributed by atoms with Crippen LogP contribution >= 0.6 is 11.3 Å². The van der Waals surface area contributed by atoms with E-state index in [1.807, 2.05) is 50.7 Å². The molecule has 3 aromatic rings. The van der Waals surface area contributed by atoms with Gasteiger partial charge in [-0.1, -0.05) is 5.16 Å². The molecule has 0 bridgehead atoms. The van der Waals surface area contributed by atoms with Gasteiger partial charge >= 0.3 is 28.6 Å². The van der Waals surface area contributed by atoms with Gasteiger partial charge in [-0.15, -0.1) is 15.6 Å². The molecule has 2 aliphatic rings. The molecule has 1 aromatic carbocycles. The first-order valence-corrected chi connectivity index (χ1v) is 22.9. The molecule has 2 atom stereocenters. The minimum atomic E-state index is -5.06. The summed E-state index contributed by atoms with van der Waals surface area (Å²) in [6.45, 7) is 19.6. The van der Waals surface area contributed by atoms with E-state index < -0.39 is 87.3 Å². The van der Waals surface area contributed by atoms with Crippen LogP contribution in [0.4, 0.5) is 20.5 Å². The number of carbonyl (C=O) groups is 5. The summed E-state index contributed by atoms with van der Waals surface area (Å²) >= 11 is 0.922. The largest absolute Gasteiger partial charge is 0.489 e. The summed E-state index contributed by atoms with van der Waals surface area (Å²) in [5, 5.41) is 13.6. The standard InChI is InChI=1S/C42H57N7O14S2/c1-39(2,3)59-35(52)31(22-58-26-13-14-27-25(17-26)15-16-47(12)33(27)43-19-24-20-48(21-24)38(54)61-41(7,8)9)62-46-32(29-23-64-36(44-29)45-37(53)60-40(4,5)6)30(50)18-28-34(51)49(42(28,10)11)63-65(55,56)57/h13-17,23-24,28,31H,18-22H2,1-12H3,(H2,44,45,53,55,56,57)/p+1/b46-32-/t28-,31+/m1/s1. The van der Waals surface area contributed by atoms with Crippen LogP contribution in [0.1, 0.15) is 88.3 Å². The van der Waals surface area contributed by atoms with Gasteiger partial charge in [0.15, 0.2) is 16.6 Å². The van der Waals surface area contributed by atoms with Crippen molar-refractivity contribution in [1.29, 1.82) is 0 Å². The first-order valence-electron chi connectivity index (χ1n) is 20.6. The summed E-state index contributed by atoms with van der Waals surface area (Å²) in [6, 6.07) is 7.24. The number of β-lactam (4-membered cyclic amide) rings is 1. The van der Waals surface area contributed by atoms with E-state index in [1.54, 1.807) is 58.6 Å². The van der Waals surface area contributed by atoms with E-state index in [0.29, 0.717) is 30.4 Å². The number of rotatable bonds is 16. The van der Waals surface area contributed by atoms with Gasteiger partial charge in [0.2, 0.25) is 0 Å². The number of likely N-dealkylation sites (tertiary alicyclic amines) is 1. The predicted molar refractivity (Wildman–Crippen MR) is 236 cm³/mol. The third-order valence-corrected chi connectivity index (χ3v) is 10.8. The summed E-state index contributed by atoms with van der Waals surface area (Å²) < 4.78 is 60.8. The number of aryl methyl sites for hydroxylation is 1. The molecular weight excluding hydrogens is 891 g/mol. The number of oxime groups is 1. The van der Waals surface area contributed by atoms with Crippen molar-refractivity contribution in [2.75, 3.05) is 36.9 Å². The normalized spacial score (nSPS) is 17.4. The number of hydrogen-bond acceptors (Lipinski definition) is 17. The molecule has 2 fully saturated rings. The van der Waals surface area contributed by atoms with Crippen molar-refractivity contribution < 1.29 is 69.6 Å². The number of aromatic nitrogens is 2. The Morgan fingerprint density at radius 1 is 1.00 bits per heavy atom. The number of nitrogens with one attached hydrogen (secondary N) is 2. The van der Waals surface area contributed by atoms with Crippen molar-refractivity contribution in [3.05, 3.63) is 41.5 Å². The molecule has 2 saturated heterocycles. The Bertz CT molecular complexity index is 2450. The van der Waals surface area contributed by atoms with Gasteiger partial charge in [-0.2, -0.15) is 13.5 Å². The Kier molecular flexibility index (Phi) is 14.8.